The Morgan fingerprint density at radius 1 is 1.24 bits per heavy atom. The van der Waals surface area contributed by atoms with Crippen molar-refractivity contribution in [3.63, 3.8) is 0 Å². The van der Waals surface area contributed by atoms with E-state index in [1.54, 1.807) is 0 Å². The van der Waals surface area contributed by atoms with Crippen LogP contribution in [-0.2, 0) is 6.54 Å². The van der Waals surface area contributed by atoms with Gasteiger partial charge in [-0.2, -0.15) is 0 Å². The summed E-state index contributed by atoms with van der Waals surface area (Å²) in [5.74, 6) is 1.81. The molecule has 0 aromatic heterocycles. The van der Waals surface area contributed by atoms with Gasteiger partial charge in [-0.25, -0.2) is 0 Å². The van der Waals surface area contributed by atoms with E-state index in [4.69, 9.17) is 0 Å². The first-order valence-electron chi connectivity index (χ1n) is 6.93. The average molecular weight is 231 g/mol. The zero-order valence-corrected chi connectivity index (χ0v) is 11.4. The van der Waals surface area contributed by atoms with Crippen molar-refractivity contribution in [3.05, 3.63) is 35.4 Å². The summed E-state index contributed by atoms with van der Waals surface area (Å²) in [5.41, 5.74) is 2.84. The molecule has 1 heteroatoms. The summed E-state index contributed by atoms with van der Waals surface area (Å²) < 4.78 is 0. The van der Waals surface area contributed by atoms with Crippen LogP contribution in [0.25, 0.3) is 0 Å². The van der Waals surface area contributed by atoms with Crippen LogP contribution in [0.5, 0.6) is 0 Å². The fraction of sp³-hybridized carbons (Fsp3) is 0.625. The van der Waals surface area contributed by atoms with Gasteiger partial charge < -0.3 is 0 Å². The van der Waals surface area contributed by atoms with Crippen LogP contribution in [0.15, 0.2) is 24.3 Å². The fourth-order valence-electron chi connectivity index (χ4n) is 2.85. The molecule has 1 saturated heterocycles. The highest BCUT2D eigenvalue weighted by molar-refractivity contribution is 5.22. The molecule has 17 heavy (non-hydrogen) atoms. The molecule has 0 atom stereocenters. The highest BCUT2D eigenvalue weighted by atomic mass is 15.1. The van der Waals surface area contributed by atoms with Gasteiger partial charge in [0.05, 0.1) is 0 Å². The number of nitrogens with zero attached hydrogens (tertiary/aromatic N) is 1. The first-order chi connectivity index (χ1) is 8.15. The second-order valence-corrected chi connectivity index (χ2v) is 5.85. The molecule has 1 nitrogen and oxygen atoms in total. The minimum absolute atomic E-state index is 0.858. The summed E-state index contributed by atoms with van der Waals surface area (Å²) in [6.07, 6.45) is 2.76. The van der Waals surface area contributed by atoms with Gasteiger partial charge >= 0.3 is 0 Å². The van der Waals surface area contributed by atoms with Crippen molar-refractivity contribution in [2.24, 2.45) is 11.8 Å². The molecule has 1 heterocycles. The molecule has 1 aromatic rings. The Hall–Kier alpha value is -0.820. The molecule has 1 aromatic carbocycles. The van der Waals surface area contributed by atoms with Gasteiger partial charge in [-0.3, -0.25) is 4.90 Å². The summed E-state index contributed by atoms with van der Waals surface area (Å²) in [5, 5.41) is 0. The van der Waals surface area contributed by atoms with Gasteiger partial charge in [0.1, 0.15) is 0 Å². The van der Waals surface area contributed by atoms with Gasteiger partial charge in [-0.05, 0) is 50.3 Å². The standard InChI is InChI=1S/C16H25N/c1-13(2)16-7-9-17(10-8-16)12-15-6-4-5-14(3)11-15/h4-6,11,13,16H,7-10,12H2,1-3H3. The molecule has 0 amide bonds. The smallest absolute Gasteiger partial charge is 0.0233 e. The Morgan fingerprint density at radius 3 is 2.53 bits per heavy atom. The van der Waals surface area contributed by atoms with E-state index in [2.05, 4.69) is 49.9 Å². The van der Waals surface area contributed by atoms with Crippen molar-refractivity contribution in [2.75, 3.05) is 13.1 Å². The Bertz CT molecular complexity index is 348. The Labute approximate surface area is 106 Å². The van der Waals surface area contributed by atoms with Crippen LogP contribution >= 0.6 is 0 Å². The van der Waals surface area contributed by atoms with Crippen LogP contribution in [0.1, 0.15) is 37.8 Å². The molecule has 0 saturated carbocycles. The third kappa shape index (κ3) is 3.57. The second kappa shape index (κ2) is 5.68. The van der Waals surface area contributed by atoms with Gasteiger partial charge in [0.25, 0.3) is 0 Å². The number of likely N-dealkylation sites (tertiary alicyclic amines) is 1. The lowest BCUT2D eigenvalue weighted by Gasteiger charge is -2.33. The number of hydrogen-bond acceptors (Lipinski definition) is 1. The third-order valence-corrected chi connectivity index (χ3v) is 4.06. The van der Waals surface area contributed by atoms with E-state index in [1.165, 1.54) is 37.1 Å². The van der Waals surface area contributed by atoms with E-state index in [0.29, 0.717) is 0 Å². The number of benzene rings is 1. The summed E-state index contributed by atoms with van der Waals surface area (Å²) in [6.45, 7) is 10.6. The molecule has 0 N–H and O–H groups in total. The van der Waals surface area contributed by atoms with Crippen molar-refractivity contribution in [3.8, 4) is 0 Å². The molecular formula is C16H25N. The molecule has 0 radical (unpaired) electrons. The first-order valence-corrected chi connectivity index (χ1v) is 6.93. The largest absolute Gasteiger partial charge is 0.299 e. The van der Waals surface area contributed by atoms with Crippen molar-refractivity contribution >= 4 is 0 Å². The number of piperidine rings is 1. The molecular weight excluding hydrogens is 206 g/mol. The monoisotopic (exact) mass is 231 g/mol. The Balaban J connectivity index is 1.86. The summed E-state index contributed by atoms with van der Waals surface area (Å²) in [4.78, 5) is 2.60. The van der Waals surface area contributed by atoms with Crippen LogP contribution in [0, 0.1) is 18.8 Å². The molecule has 0 bridgehead atoms. The summed E-state index contributed by atoms with van der Waals surface area (Å²) in [7, 11) is 0. The Morgan fingerprint density at radius 2 is 1.94 bits per heavy atom. The van der Waals surface area contributed by atoms with Crippen molar-refractivity contribution in [2.45, 2.75) is 40.2 Å². The van der Waals surface area contributed by atoms with E-state index in [0.717, 1.165) is 18.4 Å². The van der Waals surface area contributed by atoms with E-state index >= 15 is 0 Å². The zero-order chi connectivity index (χ0) is 12.3. The minimum Gasteiger partial charge on any atom is -0.299 e. The van der Waals surface area contributed by atoms with Crippen LogP contribution < -0.4 is 0 Å². The molecule has 1 fully saturated rings. The predicted octanol–water partition coefficient (Wildman–Crippen LogP) is 3.86. The summed E-state index contributed by atoms with van der Waals surface area (Å²) >= 11 is 0. The van der Waals surface area contributed by atoms with Crippen LogP contribution in [-0.4, -0.2) is 18.0 Å². The van der Waals surface area contributed by atoms with Crippen molar-refractivity contribution in [1.82, 2.24) is 4.90 Å². The molecule has 1 aliphatic rings. The number of rotatable bonds is 3. The van der Waals surface area contributed by atoms with E-state index in [1.807, 2.05) is 0 Å². The highest BCUT2D eigenvalue weighted by Gasteiger charge is 2.21. The van der Waals surface area contributed by atoms with E-state index in [9.17, 15) is 0 Å². The average Bonchev–Trinajstić information content (AvgIpc) is 2.29. The van der Waals surface area contributed by atoms with E-state index in [-0.39, 0.29) is 0 Å². The van der Waals surface area contributed by atoms with Gasteiger partial charge in [0, 0.05) is 6.54 Å². The summed E-state index contributed by atoms with van der Waals surface area (Å²) in [6, 6.07) is 8.91. The van der Waals surface area contributed by atoms with Crippen LogP contribution in [0.3, 0.4) is 0 Å². The van der Waals surface area contributed by atoms with Gasteiger partial charge in [-0.1, -0.05) is 43.7 Å². The van der Waals surface area contributed by atoms with Gasteiger partial charge in [0.2, 0.25) is 0 Å². The van der Waals surface area contributed by atoms with Crippen LogP contribution in [0.2, 0.25) is 0 Å². The maximum absolute atomic E-state index is 2.60. The predicted molar refractivity (Wildman–Crippen MR) is 74.0 cm³/mol. The molecule has 94 valence electrons. The molecule has 2 rings (SSSR count). The lowest BCUT2D eigenvalue weighted by atomic mass is 9.86. The molecule has 0 aliphatic carbocycles. The van der Waals surface area contributed by atoms with Gasteiger partial charge in [0.15, 0.2) is 0 Å². The van der Waals surface area contributed by atoms with E-state index < -0.39 is 0 Å². The lowest BCUT2D eigenvalue weighted by Crippen LogP contribution is -2.34. The normalized spacial score (nSPS) is 18.8. The topological polar surface area (TPSA) is 3.24 Å². The second-order valence-electron chi connectivity index (χ2n) is 5.85. The van der Waals surface area contributed by atoms with Gasteiger partial charge in [-0.15, -0.1) is 0 Å². The maximum atomic E-state index is 2.60. The molecule has 0 spiro atoms. The lowest BCUT2D eigenvalue weighted by molar-refractivity contribution is 0.152. The minimum atomic E-state index is 0.858. The highest BCUT2D eigenvalue weighted by Crippen LogP contribution is 2.25. The third-order valence-electron chi connectivity index (χ3n) is 4.06. The first kappa shape index (κ1) is 12.6. The van der Waals surface area contributed by atoms with Crippen LogP contribution in [0.4, 0.5) is 0 Å². The quantitative estimate of drug-likeness (QED) is 0.763. The number of aryl methyl sites for hydroxylation is 1. The van der Waals surface area contributed by atoms with Crippen molar-refractivity contribution < 1.29 is 0 Å². The zero-order valence-electron chi connectivity index (χ0n) is 11.4. The molecule has 0 unspecified atom stereocenters. The Kier molecular flexibility index (Phi) is 4.22. The maximum Gasteiger partial charge on any atom is 0.0233 e. The molecule has 1 aliphatic heterocycles. The fourth-order valence-corrected chi connectivity index (χ4v) is 2.85. The number of hydrogen-bond donors (Lipinski definition) is 0. The SMILES string of the molecule is Cc1cccc(CN2CCC(C(C)C)CC2)c1. The van der Waals surface area contributed by atoms with Crippen molar-refractivity contribution in [1.29, 1.82) is 0 Å².